The van der Waals surface area contributed by atoms with Gasteiger partial charge in [0.2, 0.25) is 0 Å². The fourth-order valence-corrected chi connectivity index (χ4v) is 2.05. The summed E-state index contributed by atoms with van der Waals surface area (Å²) in [6.07, 6.45) is 0. The summed E-state index contributed by atoms with van der Waals surface area (Å²) in [5.41, 5.74) is 8.27. The molecule has 0 heterocycles. The molecule has 2 nitrogen and oxygen atoms in total. The fraction of sp³-hybridized carbons (Fsp3) is 0.455. The first-order valence-corrected chi connectivity index (χ1v) is 5.53. The van der Waals surface area contributed by atoms with E-state index in [9.17, 15) is 0 Å². The molecule has 78 valence electrons. The van der Waals surface area contributed by atoms with Gasteiger partial charge in [0.15, 0.2) is 0 Å². The van der Waals surface area contributed by atoms with E-state index in [1.165, 1.54) is 11.3 Å². The van der Waals surface area contributed by atoms with E-state index < -0.39 is 0 Å². The second-order valence-corrected chi connectivity index (χ2v) is 4.70. The van der Waals surface area contributed by atoms with Gasteiger partial charge in [0.05, 0.1) is 0 Å². The summed E-state index contributed by atoms with van der Waals surface area (Å²) in [6.45, 7) is 5.00. The van der Waals surface area contributed by atoms with Crippen molar-refractivity contribution in [3.8, 4) is 0 Å². The number of nitrogens with zero attached hydrogens (tertiary/aromatic N) is 1. The minimum absolute atomic E-state index is 0.197. The quantitative estimate of drug-likeness (QED) is 0.901. The lowest BCUT2D eigenvalue weighted by Crippen LogP contribution is -2.33. The Morgan fingerprint density at radius 3 is 2.64 bits per heavy atom. The number of anilines is 1. The predicted molar refractivity (Wildman–Crippen MR) is 65.8 cm³/mol. The molecule has 0 spiro atoms. The molecule has 0 aliphatic carbocycles. The van der Waals surface area contributed by atoms with Gasteiger partial charge < -0.3 is 10.6 Å². The second-order valence-electron chi connectivity index (χ2n) is 3.79. The maximum Gasteiger partial charge on any atom is 0.0394 e. The second kappa shape index (κ2) is 4.80. The van der Waals surface area contributed by atoms with E-state index in [4.69, 9.17) is 5.73 Å². The van der Waals surface area contributed by atoms with Crippen LogP contribution in [0.25, 0.3) is 0 Å². The topological polar surface area (TPSA) is 29.3 Å². The number of benzene rings is 1. The first-order chi connectivity index (χ1) is 6.50. The number of hydrogen-bond acceptors (Lipinski definition) is 2. The summed E-state index contributed by atoms with van der Waals surface area (Å²) < 4.78 is 1.12. The zero-order valence-electron chi connectivity index (χ0n) is 8.92. The van der Waals surface area contributed by atoms with Gasteiger partial charge in [0.25, 0.3) is 0 Å². The molecule has 0 amide bonds. The first-order valence-electron chi connectivity index (χ1n) is 4.73. The fourth-order valence-electron chi connectivity index (χ4n) is 1.58. The number of rotatable bonds is 3. The molecule has 0 aliphatic heterocycles. The molecule has 0 aliphatic rings. The third kappa shape index (κ3) is 3.00. The lowest BCUT2D eigenvalue weighted by molar-refractivity contribution is 0.716. The van der Waals surface area contributed by atoms with Crippen LogP contribution in [0, 0.1) is 6.92 Å². The van der Waals surface area contributed by atoms with Crippen molar-refractivity contribution in [3.63, 3.8) is 0 Å². The first kappa shape index (κ1) is 11.5. The van der Waals surface area contributed by atoms with E-state index >= 15 is 0 Å². The Hall–Kier alpha value is -0.540. The molecule has 0 radical (unpaired) electrons. The van der Waals surface area contributed by atoms with Crippen molar-refractivity contribution in [1.82, 2.24) is 0 Å². The van der Waals surface area contributed by atoms with E-state index in [1.54, 1.807) is 0 Å². The van der Waals surface area contributed by atoms with E-state index in [2.05, 4.69) is 53.0 Å². The molecule has 0 fully saturated rings. The third-order valence-corrected chi connectivity index (χ3v) is 2.63. The number of halogens is 1. The van der Waals surface area contributed by atoms with Crippen molar-refractivity contribution in [2.24, 2.45) is 5.73 Å². The maximum atomic E-state index is 5.76. The summed E-state index contributed by atoms with van der Waals surface area (Å²) in [5.74, 6) is 0. The van der Waals surface area contributed by atoms with E-state index in [0.717, 1.165) is 11.0 Å². The lowest BCUT2D eigenvalue weighted by atomic mass is 10.2. The van der Waals surface area contributed by atoms with Gasteiger partial charge in [-0.1, -0.05) is 15.9 Å². The van der Waals surface area contributed by atoms with Gasteiger partial charge >= 0.3 is 0 Å². The van der Waals surface area contributed by atoms with Gasteiger partial charge in [-0.15, -0.1) is 0 Å². The molecule has 1 aromatic carbocycles. The van der Waals surface area contributed by atoms with E-state index in [1.807, 2.05) is 6.92 Å². The molecule has 0 saturated carbocycles. The highest BCUT2D eigenvalue weighted by atomic mass is 79.9. The predicted octanol–water partition coefficient (Wildman–Crippen LogP) is 2.54. The van der Waals surface area contributed by atoms with Crippen molar-refractivity contribution in [1.29, 1.82) is 0 Å². The van der Waals surface area contributed by atoms with Crippen LogP contribution >= 0.6 is 15.9 Å². The number of nitrogens with two attached hydrogens (primary N) is 1. The van der Waals surface area contributed by atoms with Gasteiger partial charge in [-0.05, 0) is 37.6 Å². The zero-order chi connectivity index (χ0) is 10.7. The molecule has 2 N–H and O–H groups in total. The van der Waals surface area contributed by atoms with Crippen LogP contribution in [-0.4, -0.2) is 19.6 Å². The molecule has 3 heteroatoms. The van der Waals surface area contributed by atoms with Gasteiger partial charge in [-0.25, -0.2) is 0 Å². The average molecular weight is 257 g/mol. The zero-order valence-corrected chi connectivity index (χ0v) is 10.5. The van der Waals surface area contributed by atoms with Crippen molar-refractivity contribution in [2.75, 3.05) is 18.5 Å². The molecular weight excluding hydrogens is 240 g/mol. The van der Waals surface area contributed by atoms with Crippen LogP contribution in [0.5, 0.6) is 0 Å². The smallest absolute Gasteiger partial charge is 0.0394 e. The van der Waals surface area contributed by atoms with Crippen LogP contribution in [0.3, 0.4) is 0 Å². The molecule has 0 saturated heterocycles. The van der Waals surface area contributed by atoms with Crippen molar-refractivity contribution >= 4 is 21.6 Å². The van der Waals surface area contributed by atoms with E-state index in [-0.39, 0.29) is 6.04 Å². The molecule has 1 unspecified atom stereocenters. The summed E-state index contributed by atoms with van der Waals surface area (Å²) in [6, 6.07) is 6.48. The van der Waals surface area contributed by atoms with Crippen molar-refractivity contribution in [3.05, 3.63) is 28.2 Å². The Morgan fingerprint density at radius 1 is 1.50 bits per heavy atom. The van der Waals surface area contributed by atoms with Crippen LogP contribution in [-0.2, 0) is 0 Å². The van der Waals surface area contributed by atoms with Crippen molar-refractivity contribution < 1.29 is 0 Å². The Kier molecular flexibility index (Phi) is 3.96. The minimum atomic E-state index is 0.197. The Labute approximate surface area is 94.2 Å². The molecule has 1 aromatic rings. The number of aryl methyl sites for hydroxylation is 1. The van der Waals surface area contributed by atoms with Crippen LogP contribution in [0.2, 0.25) is 0 Å². The van der Waals surface area contributed by atoms with Crippen molar-refractivity contribution in [2.45, 2.75) is 19.9 Å². The normalized spacial score (nSPS) is 12.6. The van der Waals surface area contributed by atoms with Crippen LogP contribution in [0.15, 0.2) is 22.7 Å². The highest BCUT2D eigenvalue weighted by Crippen LogP contribution is 2.22. The third-order valence-electron chi connectivity index (χ3n) is 2.13. The number of hydrogen-bond donors (Lipinski definition) is 1. The standard InChI is InChI=1S/C11H17BrN2/c1-8-6-10(12)4-5-11(8)14(3)7-9(2)13/h4-6,9H,7,13H2,1-3H3. The largest absolute Gasteiger partial charge is 0.373 e. The monoisotopic (exact) mass is 256 g/mol. The van der Waals surface area contributed by atoms with Gasteiger partial charge in [-0.3, -0.25) is 0 Å². The number of likely N-dealkylation sites (N-methyl/N-ethyl adjacent to an activating group) is 1. The summed E-state index contributed by atoms with van der Waals surface area (Å²) in [7, 11) is 2.07. The summed E-state index contributed by atoms with van der Waals surface area (Å²) >= 11 is 3.45. The van der Waals surface area contributed by atoms with E-state index in [0.29, 0.717) is 0 Å². The SMILES string of the molecule is Cc1cc(Br)ccc1N(C)CC(C)N. The molecule has 1 atom stereocenters. The Morgan fingerprint density at radius 2 is 2.14 bits per heavy atom. The molecule has 1 rings (SSSR count). The van der Waals surface area contributed by atoms with Gasteiger partial charge in [0.1, 0.15) is 0 Å². The van der Waals surface area contributed by atoms with Crippen LogP contribution in [0.4, 0.5) is 5.69 Å². The summed E-state index contributed by atoms with van der Waals surface area (Å²) in [5, 5.41) is 0. The minimum Gasteiger partial charge on any atom is -0.373 e. The molecular formula is C11H17BrN2. The highest BCUT2D eigenvalue weighted by Gasteiger charge is 2.06. The Balaban J connectivity index is 2.84. The maximum absolute atomic E-state index is 5.76. The molecule has 14 heavy (non-hydrogen) atoms. The average Bonchev–Trinajstić information content (AvgIpc) is 2.01. The molecule has 0 aromatic heterocycles. The van der Waals surface area contributed by atoms with Crippen LogP contribution < -0.4 is 10.6 Å². The van der Waals surface area contributed by atoms with Gasteiger partial charge in [0, 0.05) is 29.8 Å². The Bertz CT molecular complexity index is 310. The van der Waals surface area contributed by atoms with Crippen LogP contribution in [0.1, 0.15) is 12.5 Å². The lowest BCUT2D eigenvalue weighted by Gasteiger charge is -2.23. The molecule has 0 bridgehead atoms. The highest BCUT2D eigenvalue weighted by molar-refractivity contribution is 9.10. The van der Waals surface area contributed by atoms with Gasteiger partial charge in [-0.2, -0.15) is 0 Å². The summed E-state index contributed by atoms with van der Waals surface area (Å²) in [4.78, 5) is 2.19.